The Morgan fingerprint density at radius 1 is 1.24 bits per heavy atom. The number of benzene rings is 1. The average Bonchev–Trinajstić information content (AvgIpc) is 3.00. The van der Waals surface area contributed by atoms with Gasteiger partial charge in [0.1, 0.15) is 0 Å². The summed E-state index contributed by atoms with van der Waals surface area (Å²) in [7, 11) is 0. The zero-order valence-corrected chi connectivity index (χ0v) is 15.3. The van der Waals surface area contributed by atoms with Crippen LogP contribution in [0, 0.1) is 0 Å². The molecule has 25 heavy (non-hydrogen) atoms. The molecule has 1 aromatic heterocycles. The number of aromatic amines is 1. The van der Waals surface area contributed by atoms with Gasteiger partial charge in [-0.2, -0.15) is 11.8 Å². The summed E-state index contributed by atoms with van der Waals surface area (Å²) in [5.74, 6) is 2.32. The minimum Gasteiger partial charge on any atom is -0.379 e. The van der Waals surface area contributed by atoms with Crippen molar-refractivity contribution >= 4 is 28.6 Å². The van der Waals surface area contributed by atoms with E-state index in [4.69, 9.17) is 4.74 Å². The Balaban J connectivity index is 1.53. The molecule has 2 saturated heterocycles. The molecule has 0 bridgehead atoms. The van der Waals surface area contributed by atoms with Crippen LogP contribution >= 0.6 is 11.8 Å². The third kappa shape index (κ3) is 3.86. The Kier molecular flexibility index (Phi) is 5.29. The van der Waals surface area contributed by atoms with Gasteiger partial charge in [-0.25, -0.2) is 0 Å². The van der Waals surface area contributed by atoms with E-state index in [1.165, 1.54) is 0 Å². The maximum atomic E-state index is 13.2. The van der Waals surface area contributed by atoms with Crippen LogP contribution in [0.15, 0.2) is 30.5 Å². The van der Waals surface area contributed by atoms with Crippen LogP contribution in [0.2, 0.25) is 0 Å². The van der Waals surface area contributed by atoms with Gasteiger partial charge in [0.15, 0.2) is 0 Å². The Hall–Kier alpha value is -1.50. The van der Waals surface area contributed by atoms with Gasteiger partial charge in [0, 0.05) is 49.2 Å². The van der Waals surface area contributed by atoms with Crippen molar-refractivity contribution in [2.24, 2.45) is 0 Å². The summed E-state index contributed by atoms with van der Waals surface area (Å²) >= 11 is 1.97. The number of H-pyrrole nitrogens is 1. The van der Waals surface area contributed by atoms with Crippen molar-refractivity contribution in [1.82, 2.24) is 14.8 Å². The lowest BCUT2D eigenvalue weighted by molar-refractivity contribution is 0.0245. The lowest BCUT2D eigenvalue weighted by Crippen LogP contribution is -2.50. The van der Waals surface area contributed by atoms with Gasteiger partial charge in [0.25, 0.3) is 5.91 Å². The number of morpholine rings is 1. The van der Waals surface area contributed by atoms with Crippen LogP contribution in [0.5, 0.6) is 0 Å². The summed E-state index contributed by atoms with van der Waals surface area (Å²) in [6.45, 7) is 5.35. The number of ether oxygens (including phenoxy) is 1. The number of hydrogen-bond donors (Lipinski definition) is 1. The third-order valence-corrected chi connectivity index (χ3v) is 6.27. The van der Waals surface area contributed by atoms with Crippen LogP contribution in [-0.2, 0) is 4.74 Å². The van der Waals surface area contributed by atoms with Crippen LogP contribution < -0.4 is 0 Å². The fourth-order valence-electron chi connectivity index (χ4n) is 3.68. The molecule has 6 heteroatoms. The number of rotatable bonds is 3. The largest absolute Gasteiger partial charge is 0.379 e. The molecule has 0 saturated carbocycles. The van der Waals surface area contributed by atoms with E-state index in [1.54, 1.807) is 0 Å². The first-order valence-corrected chi connectivity index (χ1v) is 10.2. The molecule has 2 aliphatic heterocycles. The number of carbonyl (C=O) groups is 1. The van der Waals surface area contributed by atoms with Crippen LogP contribution in [0.3, 0.4) is 0 Å². The SMILES string of the molecule is O=C(c1ccc2cc[nH]c2c1)N1CCCSCC1CN1CCOCC1. The summed E-state index contributed by atoms with van der Waals surface area (Å²) in [6.07, 6.45) is 2.99. The lowest BCUT2D eigenvalue weighted by atomic mass is 10.1. The molecule has 3 heterocycles. The molecule has 0 spiro atoms. The molecule has 0 aliphatic carbocycles. The number of fused-ring (bicyclic) bond motifs is 1. The number of carbonyl (C=O) groups excluding carboxylic acids is 1. The minimum absolute atomic E-state index is 0.164. The summed E-state index contributed by atoms with van der Waals surface area (Å²) in [4.78, 5) is 21.0. The quantitative estimate of drug-likeness (QED) is 0.915. The number of aromatic nitrogens is 1. The zero-order valence-electron chi connectivity index (χ0n) is 14.4. The highest BCUT2D eigenvalue weighted by atomic mass is 32.2. The van der Waals surface area contributed by atoms with E-state index in [0.29, 0.717) is 0 Å². The minimum atomic E-state index is 0.164. The third-order valence-electron chi connectivity index (χ3n) is 5.07. The Bertz CT molecular complexity index is 726. The fraction of sp³-hybridized carbons (Fsp3) is 0.526. The van der Waals surface area contributed by atoms with Crippen molar-refractivity contribution in [2.75, 3.05) is 50.9 Å². The molecule has 1 aromatic carbocycles. The molecule has 5 nitrogen and oxygen atoms in total. The Labute approximate surface area is 152 Å². The van der Waals surface area contributed by atoms with Gasteiger partial charge < -0.3 is 14.6 Å². The predicted molar refractivity (Wildman–Crippen MR) is 102 cm³/mol. The predicted octanol–water partition coefficient (Wildman–Crippen LogP) is 2.45. The first kappa shape index (κ1) is 16.9. The molecule has 4 rings (SSSR count). The lowest BCUT2D eigenvalue weighted by Gasteiger charge is -2.35. The number of nitrogens with zero attached hydrogens (tertiary/aromatic N) is 2. The van der Waals surface area contributed by atoms with Gasteiger partial charge in [-0.15, -0.1) is 0 Å². The maximum Gasteiger partial charge on any atom is 0.254 e. The van der Waals surface area contributed by atoms with Gasteiger partial charge in [0.05, 0.1) is 19.3 Å². The van der Waals surface area contributed by atoms with Crippen LogP contribution in [0.1, 0.15) is 16.8 Å². The number of thioether (sulfide) groups is 1. The number of nitrogens with one attached hydrogen (secondary N) is 1. The summed E-state index contributed by atoms with van der Waals surface area (Å²) in [5.41, 5.74) is 1.81. The van der Waals surface area contributed by atoms with E-state index < -0.39 is 0 Å². The molecule has 1 amide bonds. The van der Waals surface area contributed by atoms with Gasteiger partial charge in [-0.1, -0.05) is 6.07 Å². The standard InChI is InChI=1S/C19H25N3O2S/c23-19(16-3-2-15-4-5-20-18(15)12-16)22-6-1-11-25-14-17(22)13-21-7-9-24-10-8-21/h2-5,12,17,20H,1,6-11,13-14H2. The Morgan fingerprint density at radius 2 is 2.12 bits per heavy atom. The van der Waals surface area contributed by atoms with E-state index in [1.807, 2.05) is 42.2 Å². The van der Waals surface area contributed by atoms with Crippen LogP contribution in [0.4, 0.5) is 0 Å². The highest BCUT2D eigenvalue weighted by Gasteiger charge is 2.28. The normalized spacial score (nSPS) is 22.9. The molecule has 1 atom stereocenters. The summed E-state index contributed by atoms with van der Waals surface area (Å²) in [5, 5.41) is 1.15. The smallest absolute Gasteiger partial charge is 0.254 e. The van der Waals surface area contributed by atoms with Gasteiger partial charge >= 0.3 is 0 Å². The monoisotopic (exact) mass is 359 g/mol. The van der Waals surface area contributed by atoms with E-state index in [2.05, 4.69) is 14.8 Å². The number of amides is 1. The molecule has 2 fully saturated rings. The molecule has 2 aliphatic rings. The van der Waals surface area contributed by atoms with Gasteiger partial charge in [-0.3, -0.25) is 9.69 Å². The van der Waals surface area contributed by atoms with Gasteiger partial charge in [0.2, 0.25) is 0 Å². The summed E-state index contributed by atoms with van der Waals surface area (Å²) < 4.78 is 5.46. The fourth-order valence-corrected chi connectivity index (χ4v) is 4.73. The summed E-state index contributed by atoms with van der Waals surface area (Å²) in [6, 6.07) is 8.29. The second-order valence-corrected chi connectivity index (χ2v) is 7.92. The first-order chi connectivity index (χ1) is 12.3. The van der Waals surface area contributed by atoms with E-state index in [9.17, 15) is 4.79 Å². The van der Waals surface area contributed by atoms with Crippen molar-refractivity contribution in [2.45, 2.75) is 12.5 Å². The number of hydrogen-bond acceptors (Lipinski definition) is 4. The van der Waals surface area contributed by atoms with Crippen LogP contribution in [0.25, 0.3) is 10.9 Å². The van der Waals surface area contributed by atoms with Crippen molar-refractivity contribution in [3.05, 3.63) is 36.0 Å². The average molecular weight is 359 g/mol. The van der Waals surface area contributed by atoms with Crippen molar-refractivity contribution in [1.29, 1.82) is 0 Å². The maximum absolute atomic E-state index is 13.2. The van der Waals surface area contributed by atoms with E-state index >= 15 is 0 Å². The second kappa shape index (κ2) is 7.81. The highest BCUT2D eigenvalue weighted by Crippen LogP contribution is 2.22. The zero-order chi connectivity index (χ0) is 17.1. The van der Waals surface area contributed by atoms with Crippen LogP contribution in [-0.4, -0.2) is 77.6 Å². The molecule has 1 N–H and O–H groups in total. The Morgan fingerprint density at radius 3 is 3.00 bits per heavy atom. The molecule has 2 aromatic rings. The van der Waals surface area contributed by atoms with Crippen molar-refractivity contribution in [3.8, 4) is 0 Å². The van der Waals surface area contributed by atoms with Gasteiger partial charge in [-0.05, 0) is 35.8 Å². The molecule has 134 valence electrons. The first-order valence-electron chi connectivity index (χ1n) is 9.07. The molecule has 1 unspecified atom stereocenters. The highest BCUT2D eigenvalue weighted by molar-refractivity contribution is 7.99. The molecular formula is C19H25N3O2S. The van der Waals surface area contributed by atoms with Crippen molar-refractivity contribution < 1.29 is 9.53 Å². The van der Waals surface area contributed by atoms with Crippen molar-refractivity contribution in [3.63, 3.8) is 0 Å². The molecule has 0 radical (unpaired) electrons. The van der Waals surface area contributed by atoms with E-state index in [0.717, 1.165) is 73.8 Å². The second-order valence-electron chi connectivity index (χ2n) is 6.77. The topological polar surface area (TPSA) is 48.6 Å². The molecular weight excluding hydrogens is 334 g/mol. The van der Waals surface area contributed by atoms with E-state index in [-0.39, 0.29) is 11.9 Å².